The van der Waals surface area contributed by atoms with Gasteiger partial charge < -0.3 is 0 Å². The standard InChI is InChI=1S/C6H12O3S/c1-5(2)6(3)9-10(4,7)8/h6H,1H2,2-4H3. The normalized spacial score (nSPS) is 14.7. The molecule has 0 aromatic rings. The molecule has 0 aliphatic carbocycles. The molecule has 0 saturated heterocycles. The zero-order valence-corrected chi connectivity index (χ0v) is 7.23. The fraction of sp³-hybridized carbons (Fsp3) is 0.667. The van der Waals surface area contributed by atoms with Crippen molar-refractivity contribution < 1.29 is 12.6 Å². The summed E-state index contributed by atoms with van der Waals surface area (Å²) in [5.41, 5.74) is 0.699. The van der Waals surface area contributed by atoms with Gasteiger partial charge in [-0.3, -0.25) is 4.18 Å². The van der Waals surface area contributed by atoms with Crippen LogP contribution < -0.4 is 0 Å². The molecule has 0 N–H and O–H groups in total. The van der Waals surface area contributed by atoms with Crippen molar-refractivity contribution in [1.82, 2.24) is 0 Å². The van der Waals surface area contributed by atoms with Gasteiger partial charge in [0, 0.05) is 0 Å². The summed E-state index contributed by atoms with van der Waals surface area (Å²) < 4.78 is 25.5. The molecule has 0 heterocycles. The third kappa shape index (κ3) is 4.52. The van der Waals surface area contributed by atoms with Crippen LogP contribution in [-0.2, 0) is 14.3 Å². The van der Waals surface area contributed by atoms with Crippen LogP contribution in [0.5, 0.6) is 0 Å². The molecular weight excluding hydrogens is 152 g/mol. The van der Waals surface area contributed by atoms with Gasteiger partial charge in [0.05, 0.1) is 12.4 Å². The average molecular weight is 164 g/mol. The number of hydrogen-bond donors (Lipinski definition) is 0. The molecule has 0 aliphatic heterocycles. The van der Waals surface area contributed by atoms with Crippen LogP contribution in [-0.4, -0.2) is 20.8 Å². The molecule has 0 bridgehead atoms. The lowest BCUT2D eigenvalue weighted by molar-refractivity contribution is 0.266. The SMILES string of the molecule is C=C(C)C(C)OS(C)(=O)=O. The minimum atomic E-state index is -3.33. The quantitative estimate of drug-likeness (QED) is 0.460. The maximum Gasteiger partial charge on any atom is 0.264 e. The predicted octanol–water partition coefficient (Wildman–Crippen LogP) is 0.927. The largest absolute Gasteiger partial charge is 0.264 e. The molecular formula is C6H12O3S. The highest BCUT2D eigenvalue weighted by molar-refractivity contribution is 7.86. The van der Waals surface area contributed by atoms with Gasteiger partial charge in [-0.2, -0.15) is 8.42 Å². The van der Waals surface area contributed by atoms with Crippen molar-refractivity contribution in [2.45, 2.75) is 20.0 Å². The molecule has 0 amide bonds. The lowest BCUT2D eigenvalue weighted by Gasteiger charge is -2.08. The van der Waals surface area contributed by atoms with E-state index in [4.69, 9.17) is 0 Å². The molecule has 1 atom stereocenters. The van der Waals surface area contributed by atoms with E-state index in [0.717, 1.165) is 6.26 Å². The Bertz CT molecular complexity index is 215. The number of rotatable bonds is 3. The Kier molecular flexibility index (Phi) is 3.05. The summed E-state index contributed by atoms with van der Waals surface area (Å²) in [4.78, 5) is 0. The van der Waals surface area contributed by atoms with Gasteiger partial charge in [0.1, 0.15) is 0 Å². The molecule has 0 radical (unpaired) electrons. The molecule has 0 fully saturated rings. The van der Waals surface area contributed by atoms with Gasteiger partial charge in [-0.15, -0.1) is 0 Å². The maximum atomic E-state index is 10.5. The second kappa shape index (κ2) is 3.16. The minimum absolute atomic E-state index is 0.421. The van der Waals surface area contributed by atoms with Gasteiger partial charge in [0.2, 0.25) is 0 Å². The van der Waals surface area contributed by atoms with E-state index in [1.807, 2.05) is 0 Å². The Morgan fingerprint density at radius 3 is 2.10 bits per heavy atom. The Morgan fingerprint density at radius 2 is 2.00 bits per heavy atom. The van der Waals surface area contributed by atoms with Crippen LogP contribution in [0, 0.1) is 0 Å². The molecule has 1 unspecified atom stereocenters. The summed E-state index contributed by atoms with van der Waals surface area (Å²) in [6.07, 6.45) is 0.599. The van der Waals surface area contributed by atoms with Crippen molar-refractivity contribution in [1.29, 1.82) is 0 Å². The van der Waals surface area contributed by atoms with Crippen LogP contribution in [0.15, 0.2) is 12.2 Å². The highest BCUT2D eigenvalue weighted by Gasteiger charge is 2.09. The maximum absolute atomic E-state index is 10.5. The Balaban J connectivity index is 4.06. The van der Waals surface area contributed by atoms with Crippen LogP contribution in [0.25, 0.3) is 0 Å². The van der Waals surface area contributed by atoms with Gasteiger partial charge in [0.15, 0.2) is 0 Å². The molecule has 0 rings (SSSR count). The van der Waals surface area contributed by atoms with Crippen molar-refractivity contribution in [2.75, 3.05) is 6.26 Å². The van der Waals surface area contributed by atoms with E-state index < -0.39 is 16.2 Å². The van der Waals surface area contributed by atoms with Crippen molar-refractivity contribution in [3.05, 3.63) is 12.2 Å². The Morgan fingerprint density at radius 1 is 1.60 bits per heavy atom. The lowest BCUT2D eigenvalue weighted by atomic mass is 10.2. The molecule has 10 heavy (non-hydrogen) atoms. The molecule has 0 saturated carbocycles. The summed E-state index contributed by atoms with van der Waals surface area (Å²) in [5, 5.41) is 0. The lowest BCUT2D eigenvalue weighted by Crippen LogP contribution is -2.14. The molecule has 0 spiro atoms. The first-order chi connectivity index (χ1) is 4.33. The zero-order valence-electron chi connectivity index (χ0n) is 6.42. The first-order valence-corrected chi connectivity index (χ1v) is 4.68. The van der Waals surface area contributed by atoms with E-state index in [2.05, 4.69) is 10.8 Å². The highest BCUT2D eigenvalue weighted by Crippen LogP contribution is 2.04. The van der Waals surface area contributed by atoms with E-state index in [0.29, 0.717) is 5.57 Å². The summed E-state index contributed by atoms with van der Waals surface area (Å²) in [6, 6.07) is 0. The van der Waals surface area contributed by atoms with Crippen LogP contribution in [0.3, 0.4) is 0 Å². The van der Waals surface area contributed by atoms with Crippen LogP contribution in [0.4, 0.5) is 0 Å². The van der Waals surface area contributed by atoms with Gasteiger partial charge in [-0.05, 0) is 13.8 Å². The molecule has 3 nitrogen and oxygen atoms in total. The van der Waals surface area contributed by atoms with E-state index in [9.17, 15) is 8.42 Å². The first-order valence-electron chi connectivity index (χ1n) is 2.86. The van der Waals surface area contributed by atoms with E-state index in [-0.39, 0.29) is 0 Å². The van der Waals surface area contributed by atoms with E-state index in [1.165, 1.54) is 0 Å². The summed E-state index contributed by atoms with van der Waals surface area (Å²) >= 11 is 0. The zero-order chi connectivity index (χ0) is 8.36. The van der Waals surface area contributed by atoms with Gasteiger partial charge >= 0.3 is 0 Å². The van der Waals surface area contributed by atoms with Gasteiger partial charge in [-0.25, -0.2) is 0 Å². The molecule has 0 aliphatic rings. The fourth-order valence-corrected chi connectivity index (χ4v) is 1.03. The van der Waals surface area contributed by atoms with Gasteiger partial charge in [-0.1, -0.05) is 12.2 Å². The second-order valence-corrected chi connectivity index (χ2v) is 3.89. The third-order valence-corrected chi connectivity index (χ3v) is 1.65. The smallest absolute Gasteiger partial charge is 0.263 e. The van der Waals surface area contributed by atoms with Crippen LogP contribution in [0.1, 0.15) is 13.8 Å². The summed E-state index contributed by atoms with van der Waals surface area (Å²) in [5.74, 6) is 0. The van der Waals surface area contributed by atoms with Crippen LogP contribution in [0.2, 0.25) is 0 Å². The predicted molar refractivity (Wildman–Crippen MR) is 40.2 cm³/mol. The van der Waals surface area contributed by atoms with Crippen molar-refractivity contribution in [3.63, 3.8) is 0 Å². The van der Waals surface area contributed by atoms with Gasteiger partial charge in [0.25, 0.3) is 10.1 Å². The van der Waals surface area contributed by atoms with Crippen LogP contribution >= 0.6 is 0 Å². The molecule has 4 heteroatoms. The Labute approximate surface area is 61.8 Å². The topological polar surface area (TPSA) is 43.4 Å². The Hall–Kier alpha value is -0.350. The second-order valence-electron chi connectivity index (χ2n) is 2.29. The van der Waals surface area contributed by atoms with Crippen molar-refractivity contribution in [3.8, 4) is 0 Å². The monoisotopic (exact) mass is 164 g/mol. The van der Waals surface area contributed by atoms with Crippen molar-refractivity contribution >= 4 is 10.1 Å². The molecule has 60 valence electrons. The summed E-state index contributed by atoms with van der Waals surface area (Å²) in [6.45, 7) is 6.91. The highest BCUT2D eigenvalue weighted by atomic mass is 32.2. The van der Waals surface area contributed by atoms with E-state index >= 15 is 0 Å². The average Bonchev–Trinajstić information content (AvgIpc) is 1.60. The summed E-state index contributed by atoms with van der Waals surface area (Å²) in [7, 11) is -3.33. The number of hydrogen-bond acceptors (Lipinski definition) is 3. The van der Waals surface area contributed by atoms with Crippen molar-refractivity contribution in [2.24, 2.45) is 0 Å². The molecule has 0 aromatic heterocycles. The van der Waals surface area contributed by atoms with E-state index in [1.54, 1.807) is 13.8 Å². The minimum Gasteiger partial charge on any atom is -0.263 e. The first kappa shape index (κ1) is 9.65. The fourth-order valence-electron chi connectivity index (χ4n) is 0.344. The molecule has 0 aromatic carbocycles. The third-order valence-electron chi connectivity index (χ3n) is 1.01.